The summed E-state index contributed by atoms with van der Waals surface area (Å²) in [5.74, 6) is -0.442. The molecule has 0 bridgehead atoms. The fourth-order valence-electron chi connectivity index (χ4n) is 3.33. The third kappa shape index (κ3) is 2.41. The van der Waals surface area contributed by atoms with Crippen LogP contribution in [0.5, 0.6) is 0 Å². The van der Waals surface area contributed by atoms with Gasteiger partial charge in [0, 0.05) is 13.1 Å². The van der Waals surface area contributed by atoms with E-state index in [4.69, 9.17) is 15.2 Å². The Labute approximate surface area is 137 Å². The van der Waals surface area contributed by atoms with Gasteiger partial charge >= 0.3 is 12.2 Å². The maximum Gasteiger partial charge on any atom is 0.414 e. The van der Waals surface area contributed by atoms with E-state index in [9.17, 15) is 14.0 Å². The quantitative estimate of drug-likeness (QED) is 0.830. The van der Waals surface area contributed by atoms with Crippen LogP contribution < -0.4 is 20.9 Å². The molecule has 1 aromatic carbocycles. The number of carbonyl (C=O) groups excluding carboxylic acids is 2. The minimum Gasteiger partial charge on any atom is -0.443 e. The van der Waals surface area contributed by atoms with Crippen LogP contribution in [0.1, 0.15) is 0 Å². The van der Waals surface area contributed by atoms with Gasteiger partial charge in [-0.3, -0.25) is 4.90 Å². The number of nitrogens with zero attached hydrogens (tertiary/aromatic N) is 2. The van der Waals surface area contributed by atoms with Crippen molar-refractivity contribution in [3.05, 3.63) is 24.0 Å². The van der Waals surface area contributed by atoms with E-state index in [-0.39, 0.29) is 24.8 Å². The van der Waals surface area contributed by atoms with Gasteiger partial charge in [0.15, 0.2) is 0 Å². The molecule has 3 aliphatic heterocycles. The van der Waals surface area contributed by atoms with Gasteiger partial charge < -0.3 is 25.4 Å². The van der Waals surface area contributed by atoms with Crippen molar-refractivity contribution in [3.8, 4) is 0 Å². The van der Waals surface area contributed by atoms with Gasteiger partial charge in [-0.1, -0.05) is 0 Å². The lowest BCUT2D eigenvalue weighted by molar-refractivity contribution is 0.143. The fourth-order valence-corrected chi connectivity index (χ4v) is 3.33. The van der Waals surface area contributed by atoms with Gasteiger partial charge in [0.2, 0.25) is 0 Å². The van der Waals surface area contributed by atoms with E-state index in [0.29, 0.717) is 31.0 Å². The second-order valence-corrected chi connectivity index (χ2v) is 6.09. The van der Waals surface area contributed by atoms with Gasteiger partial charge in [0.25, 0.3) is 0 Å². The highest BCUT2D eigenvalue weighted by Gasteiger charge is 2.42. The zero-order chi connectivity index (χ0) is 16.8. The van der Waals surface area contributed by atoms with Gasteiger partial charge in [-0.05, 0) is 18.2 Å². The largest absolute Gasteiger partial charge is 0.443 e. The lowest BCUT2D eigenvalue weighted by Crippen LogP contribution is -2.33. The Hall–Kier alpha value is -2.55. The number of ether oxygens (including phenoxy) is 2. The summed E-state index contributed by atoms with van der Waals surface area (Å²) in [4.78, 5) is 26.2. The van der Waals surface area contributed by atoms with Crippen molar-refractivity contribution in [2.24, 2.45) is 5.73 Å². The molecule has 3 atom stereocenters. The van der Waals surface area contributed by atoms with Crippen molar-refractivity contribution in [1.29, 1.82) is 0 Å². The Balaban J connectivity index is 1.51. The van der Waals surface area contributed by atoms with Crippen LogP contribution in [-0.4, -0.2) is 56.6 Å². The van der Waals surface area contributed by atoms with Crippen molar-refractivity contribution in [2.45, 2.75) is 18.2 Å². The summed E-state index contributed by atoms with van der Waals surface area (Å²) in [5, 5.41) is 2.70. The summed E-state index contributed by atoms with van der Waals surface area (Å²) in [5.41, 5.74) is 6.34. The second-order valence-electron chi connectivity index (χ2n) is 6.09. The van der Waals surface area contributed by atoms with E-state index in [1.807, 2.05) is 4.90 Å². The summed E-state index contributed by atoms with van der Waals surface area (Å²) < 4.78 is 24.7. The number of nitrogens with one attached hydrogen (secondary N) is 1. The average molecular weight is 336 g/mol. The smallest absolute Gasteiger partial charge is 0.414 e. The van der Waals surface area contributed by atoms with Crippen LogP contribution in [0.2, 0.25) is 0 Å². The number of hydrogen-bond donors (Lipinski definition) is 2. The number of anilines is 2. The number of halogens is 1. The molecule has 4 rings (SSSR count). The first-order valence-corrected chi connectivity index (χ1v) is 7.75. The van der Waals surface area contributed by atoms with Gasteiger partial charge in [-0.25, -0.2) is 14.0 Å². The number of benzene rings is 1. The molecule has 0 spiro atoms. The Bertz CT molecular complexity index is 684. The highest BCUT2D eigenvalue weighted by molar-refractivity contribution is 5.90. The molecule has 3 fully saturated rings. The minimum absolute atomic E-state index is 0.129. The predicted molar refractivity (Wildman–Crippen MR) is 82.5 cm³/mol. The lowest BCUT2D eigenvalue weighted by Gasteiger charge is -2.21. The molecule has 24 heavy (non-hydrogen) atoms. The number of cyclic esters (lactones) is 1. The first-order valence-electron chi connectivity index (χ1n) is 7.75. The number of hydrogen-bond acceptors (Lipinski definition) is 6. The standard InChI is InChI=1S/C15H17FN4O4/c16-10-3-8(20-5-9(4-17)23-15(20)22)1-2-12(10)19-6-11-13(7-19)24-14(21)18-11/h1-3,9,11,13H,4-7,17H2,(H,18,21)/t9-,11+,13-/m0/s1. The maximum absolute atomic E-state index is 14.5. The number of amides is 2. The summed E-state index contributed by atoms with van der Waals surface area (Å²) in [6.07, 6.45) is -1.60. The van der Waals surface area contributed by atoms with E-state index in [2.05, 4.69) is 5.32 Å². The molecule has 3 aliphatic rings. The molecular formula is C15H17FN4O4. The number of fused-ring (bicyclic) bond motifs is 1. The topological polar surface area (TPSA) is 97.1 Å². The van der Waals surface area contributed by atoms with E-state index in [1.165, 1.54) is 11.0 Å². The SMILES string of the molecule is NC[C@H]1CN(c2ccc(N3C[C@@H]4OC(=O)N[C@@H]4C3)c(F)c2)C(=O)O1. The molecule has 0 saturated carbocycles. The minimum atomic E-state index is -0.524. The third-order valence-electron chi connectivity index (χ3n) is 4.55. The van der Waals surface area contributed by atoms with Crippen LogP contribution in [0.25, 0.3) is 0 Å². The molecule has 3 saturated heterocycles. The molecule has 0 aromatic heterocycles. The maximum atomic E-state index is 14.5. The molecular weight excluding hydrogens is 319 g/mol. The van der Waals surface area contributed by atoms with Crippen LogP contribution in [0.15, 0.2) is 18.2 Å². The molecule has 8 nitrogen and oxygen atoms in total. The summed E-state index contributed by atoms with van der Waals surface area (Å²) in [7, 11) is 0. The van der Waals surface area contributed by atoms with E-state index in [0.717, 1.165) is 0 Å². The van der Waals surface area contributed by atoms with Crippen molar-refractivity contribution in [3.63, 3.8) is 0 Å². The molecule has 0 radical (unpaired) electrons. The van der Waals surface area contributed by atoms with Crippen LogP contribution >= 0.6 is 0 Å². The van der Waals surface area contributed by atoms with Crippen molar-refractivity contribution in [2.75, 3.05) is 36.0 Å². The molecule has 0 aliphatic carbocycles. The summed E-state index contributed by atoms with van der Waals surface area (Å²) in [6.45, 7) is 1.45. The summed E-state index contributed by atoms with van der Waals surface area (Å²) >= 11 is 0. The average Bonchev–Trinajstić information content (AvgIpc) is 3.19. The van der Waals surface area contributed by atoms with Crippen molar-refractivity contribution >= 4 is 23.6 Å². The first-order chi connectivity index (χ1) is 11.5. The van der Waals surface area contributed by atoms with Crippen molar-refractivity contribution in [1.82, 2.24) is 5.32 Å². The van der Waals surface area contributed by atoms with Gasteiger partial charge in [-0.15, -0.1) is 0 Å². The van der Waals surface area contributed by atoms with Gasteiger partial charge in [0.1, 0.15) is 18.0 Å². The summed E-state index contributed by atoms with van der Waals surface area (Å²) in [6, 6.07) is 4.47. The van der Waals surface area contributed by atoms with Crippen LogP contribution in [0.4, 0.5) is 25.4 Å². The zero-order valence-electron chi connectivity index (χ0n) is 12.8. The molecule has 9 heteroatoms. The number of carbonyl (C=O) groups is 2. The molecule has 0 unspecified atom stereocenters. The molecule has 1 aromatic rings. The van der Waals surface area contributed by atoms with Crippen molar-refractivity contribution < 1.29 is 23.5 Å². The number of rotatable bonds is 3. The van der Waals surface area contributed by atoms with Crippen LogP contribution in [-0.2, 0) is 9.47 Å². The zero-order valence-corrected chi connectivity index (χ0v) is 12.8. The van der Waals surface area contributed by atoms with Crippen LogP contribution in [0.3, 0.4) is 0 Å². The third-order valence-corrected chi connectivity index (χ3v) is 4.55. The Kier molecular flexibility index (Phi) is 3.45. The highest BCUT2D eigenvalue weighted by Crippen LogP contribution is 2.31. The number of alkyl carbamates (subject to hydrolysis) is 1. The molecule has 128 valence electrons. The number of nitrogens with two attached hydrogens (primary N) is 1. The van der Waals surface area contributed by atoms with Gasteiger partial charge in [-0.2, -0.15) is 0 Å². The van der Waals surface area contributed by atoms with E-state index < -0.39 is 18.0 Å². The fraction of sp³-hybridized carbons (Fsp3) is 0.467. The lowest BCUT2D eigenvalue weighted by atomic mass is 10.2. The van der Waals surface area contributed by atoms with Crippen LogP contribution in [0, 0.1) is 5.82 Å². The van der Waals surface area contributed by atoms with Gasteiger partial charge in [0.05, 0.1) is 30.5 Å². The monoisotopic (exact) mass is 336 g/mol. The molecule has 2 amide bonds. The normalized spacial score (nSPS) is 28.7. The highest BCUT2D eigenvalue weighted by atomic mass is 19.1. The molecule has 3 heterocycles. The molecule has 3 N–H and O–H groups in total. The van der Waals surface area contributed by atoms with E-state index >= 15 is 0 Å². The Morgan fingerprint density at radius 2 is 2.08 bits per heavy atom. The Morgan fingerprint density at radius 3 is 2.75 bits per heavy atom. The second kappa shape index (κ2) is 5.52. The Morgan fingerprint density at radius 1 is 1.25 bits per heavy atom. The predicted octanol–water partition coefficient (Wildman–Crippen LogP) is 0.407. The first kappa shape index (κ1) is 15.0. The van der Waals surface area contributed by atoms with E-state index in [1.54, 1.807) is 12.1 Å².